The third kappa shape index (κ3) is 2.21. The van der Waals surface area contributed by atoms with Gasteiger partial charge >= 0.3 is 0 Å². The monoisotopic (exact) mass is 312 g/mol. The molecule has 0 radical (unpaired) electrons. The van der Waals surface area contributed by atoms with E-state index in [-0.39, 0.29) is 0 Å². The van der Waals surface area contributed by atoms with Crippen LogP contribution in [0.25, 0.3) is 27.8 Å². The van der Waals surface area contributed by atoms with E-state index in [0.717, 1.165) is 33.0 Å². The molecule has 3 heterocycles. The van der Waals surface area contributed by atoms with Crippen LogP contribution in [-0.4, -0.2) is 35.5 Å². The molecule has 4 aromatic rings. The Kier molecular flexibility index (Phi) is 3.42. The lowest BCUT2D eigenvalue weighted by Crippen LogP contribution is -1.97. The summed E-state index contributed by atoms with van der Waals surface area (Å²) in [5, 5.41) is 14.9. The van der Waals surface area contributed by atoms with E-state index in [0.29, 0.717) is 5.78 Å². The Morgan fingerprint density at radius 1 is 1.18 bits per heavy atom. The summed E-state index contributed by atoms with van der Waals surface area (Å²) in [4.78, 5) is 7.82. The summed E-state index contributed by atoms with van der Waals surface area (Å²) in [5.41, 5.74) is 2.65. The number of hydrogen-bond donors (Lipinski definition) is 1. The molecule has 0 aliphatic carbocycles. The quantitative estimate of drug-likeness (QED) is 0.451. The van der Waals surface area contributed by atoms with Gasteiger partial charge in [-0.25, -0.2) is 0 Å². The van der Waals surface area contributed by atoms with Crippen LogP contribution in [0.15, 0.2) is 29.4 Å². The highest BCUT2D eigenvalue weighted by Crippen LogP contribution is 2.24. The number of rotatable bonds is 5. The zero-order valence-corrected chi connectivity index (χ0v) is 13.1. The maximum absolute atomic E-state index is 4.70. The van der Waals surface area contributed by atoms with E-state index in [1.165, 1.54) is 19.3 Å². The van der Waals surface area contributed by atoms with Crippen molar-refractivity contribution in [3.63, 3.8) is 0 Å². The molecule has 22 heavy (non-hydrogen) atoms. The van der Waals surface area contributed by atoms with Gasteiger partial charge in [0.25, 0.3) is 5.78 Å². The van der Waals surface area contributed by atoms with E-state index in [4.69, 9.17) is 5.10 Å². The van der Waals surface area contributed by atoms with Crippen LogP contribution in [0.2, 0.25) is 0 Å². The number of benzene rings is 1. The number of fused-ring (bicyclic) bond motifs is 4. The third-order valence-electron chi connectivity index (χ3n) is 3.65. The minimum absolute atomic E-state index is 0.539. The molecular formula is C15H16N6S. The van der Waals surface area contributed by atoms with Gasteiger partial charge in [0.1, 0.15) is 5.52 Å². The fourth-order valence-electron chi connectivity index (χ4n) is 2.52. The molecule has 1 aromatic carbocycles. The highest BCUT2D eigenvalue weighted by atomic mass is 32.2. The Balaban J connectivity index is 1.78. The maximum Gasteiger partial charge on any atom is 0.274 e. The zero-order valence-electron chi connectivity index (χ0n) is 12.3. The van der Waals surface area contributed by atoms with Crippen molar-refractivity contribution in [1.29, 1.82) is 0 Å². The lowest BCUT2D eigenvalue weighted by molar-refractivity contribution is 0.772. The number of nitrogens with zero attached hydrogens (tertiary/aromatic N) is 5. The number of nitrogens with one attached hydrogen (secondary N) is 1. The molecule has 6 nitrogen and oxygen atoms in total. The van der Waals surface area contributed by atoms with Crippen LogP contribution in [-0.2, 0) is 0 Å². The first-order valence-corrected chi connectivity index (χ1v) is 8.48. The van der Waals surface area contributed by atoms with E-state index >= 15 is 0 Å². The zero-order chi connectivity index (χ0) is 14.9. The Morgan fingerprint density at radius 3 is 3.00 bits per heavy atom. The van der Waals surface area contributed by atoms with E-state index in [1.54, 1.807) is 16.3 Å². The van der Waals surface area contributed by atoms with Crippen molar-refractivity contribution in [3.05, 3.63) is 24.3 Å². The molecule has 1 N–H and O–H groups in total. The summed E-state index contributed by atoms with van der Waals surface area (Å²) < 4.78 is 1.75. The number of hydrogen-bond acceptors (Lipinski definition) is 5. The van der Waals surface area contributed by atoms with Crippen LogP contribution in [0.3, 0.4) is 0 Å². The minimum atomic E-state index is 0.539. The Morgan fingerprint density at radius 2 is 2.09 bits per heavy atom. The van der Waals surface area contributed by atoms with Crippen LogP contribution in [0.1, 0.15) is 26.2 Å². The third-order valence-corrected chi connectivity index (χ3v) is 4.65. The van der Waals surface area contributed by atoms with E-state index in [2.05, 4.69) is 27.1 Å². The SMILES string of the molecule is CCCCCSc1nnc2nc3[nH]c4ccccc4c3nn12. The van der Waals surface area contributed by atoms with Gasteiger partial charge in [0, 0.05) is 16.7 Å². The number of aromatic amines is 1. The molecule has 3 aromatic heterocycles. The average Bonchev–Trinajstić information content (AvgIpc) is 3.10. The smallest absolute Gasteiger partial charge is 0.274 e. The molecule has 0 aliphatic rings. The molecule has 0 unspecified atom stereocenters. The maximum atomic E-state index is 4.70. The van der Waals surface area contributed by atoms with Crippen LogP contribution >= 0.6 is 11.8 Å². The second kappa shape index (κ2) is 5.57. The molecule has 4 rings (SSSR count). The van der Waals surface area contributed by atoms with E-state index in [9.17, 15) is 0 Å². The first kappa shape index (κ1) is 13.5. The number of para-hydroxylation sites is 1. The number of aromatic nitrogens is 6. The normalized spacial score (nSPS) is 11.9. The summed E-state index contributed by atoms with van der Waals surface area (Å²) >= 11 is 1.69. The molecule has 0 saturated carbocycles. The van der Waals surface area contributed by atoms with Crippen LogP contribution in [0, 0.1) is 0 Å². The van der Waals surface area contributed by atoms with Gasteiger partial charge in [0.15, 0.2) is 5.65 Å². The summed E-state index contributed by atoms with van der Waals surface area (Å²) in [5.74, 6) is 1.57. The lowest BCUT2D eigenvalue weighted by atomic mass is 10.2. The second-order valence-corrected chi connectivity index (χ2v) is 6.29. The van der Waals surface area contributed by atoms with Crippen molar-refractivity contribution in [2.45, 2.75) is 31.3 Å². The van der Waals surface area contributed by atoms with E-state index < -0.39 is 0 Å². The van der Waals surface area contributed by atoms with E-state index in [1.807, 2.05) is 24.3 Å². The van der Waals surface area contributed by atoms with Gasteiger partial charge in [-0.05, 0) is 12.5 Å². The van der Waals surface area contributed by atoms with Crippen molar-refractivity contribution in [1.82, 2.24) is 29.8 Å². The van der Waals surface area contributed by atoms with Crippen LogP contribution in [0.5, 0.6) is 0 Å². The Hall–Kier alpha value is -2.15. The van der Waals surface area contributed by atoms with Gasteiger partial charge in [0.05, 0.1) is 0 Å². The molecule has 0 spiro atoms. The first-order valence-electron chi connectivity index (χ1n) is 7.49. The van der Waals surface area contributed by atoms with Crippen molar-refractivity contribution in [3.8, 4) is 0 Å². The van der Waals surface area contributed by atoms with Crippen molar-refractivity contribution in [2.24, 2.45) is 0 Å². The van der Waals surface area contributed by atoms with Crippen molar-refractivity contribution in [2.75, 3.05) is 5.75 Å². The Bertz CT molecular complexity index is 941. The van der Waals surface area contributed by atoms with Crippen LogP contribution in [0.4, 0.5) is 0 Å². The summed E-state index contributed by atoms with van der Waals surface area (Å²) in [6.07, 6.45) is 3.64. The predicted molar refractivity (Wildman–Crippen MR) is 88.2 cm³/mol. The lowest BCUT2D eigenvalue weighted by Gasteiger charge is -1.98. The number of unbranched alkanes of at least 4 members (excludes halogenated alkanes) is 2. The highest BCUT2D eigenvalue weighted by Gasteiger charge is 2.13. The molecule has 112 valence electrons. The largest absolute Gasteiger partial charge is 0.338 e. The van der Waals surface area contributed by atoms with Gasteiger partial charge in [-0.1, -0.05) is 49.7 Å². The first-order chi connectivity index (χ1) is 10.9. The molecule has 0 saturated heterocycles. The summed E-state index contributed by atoms with van der Waals surface area (Å²) in [6.45, 7) is 2.20. The standard InChI is InChI=1S/C15H16N6S/c1-2-3-6-9-22-15-19-18-14-17-13-12(20-21(14)15)10-7-4-5-8-11(10)16-13/h4-5,7-8H,2-3,6,9H2,1H3,(H,16,17,18). The van der Waals surface area contributed by atoms with Crippen molar-refractivity contribution >= 4 is 39.6 Å². The molecular weight excluding hydrogens is 296 g/mol. The molecule has 0 aliphatic heterocycles. The highest BCUT2D eigenvalue weighted by molar-refractivity contribution is 7.99. The number of H-pyrrole nitrogens is 1. The van der Waals surface area contributed by atoms with Gasteiger partial charge in [-0.15, -0.1) is 10.2 Å². The number of thioether (sulfide) groups is 1. The van der Waals surface area contributed by atoms with Gasteiger partial charge in [-0.2, -0.15) is 14.6 Å². The molecule has 0 fully saturated rings. The molecule has 0 bridgehead atoms. The predicted octanol–water partition coefficient (Wildman–Crippen LogP) is 3.44. The molecule has 7 heteroatoms. The topological polar surface area (TPSA) is 71.8 Å². The molecule has 0 atom stereocenters. The van der Waals surface area contributed by atoms with Gasteiger partial charge in [-0.3, -0.25) is 0 Å². The minimum Gasteiger partial charge on any atom is -0.338 e. The fraction of sp³-hybridized carbons (Fsp3) is 0.333. The fourth-order valence-corrected chi connectivity index (χ4v) is 3.39. The van der Waals surface area contributed by atoms with Gasteiger partial charge in [0.2, 0.25) is 5.16 Å². The Labute approximate surface area is 131 Å². The summed E-state index contributed by atoms with van der Waals surface area (Å²) in [7, 11) is 0. The molecule has 0 amide bonds. The van der Waals surface area contributed by atoms with Gasteiger partial charge < -0.3 is 4.98 Å². The van der Waals surface area contributed by atoms with Crippen molar-refractivity contribution < 1.29 is 0 Å². The summed E-state index contributed by atoms with van der Waals surface area (Å²) in [6, 6.07) is 8.08. The average molecular weight is 312 g/mol. The van der Waals surface area contributed by atoms with Crippen LogP contribution < -0.4 is 0 Å². The second-order valence-electron chi connectivity index (χ2n) is 5.23.